The molecule has 0 spiro atoms. The smallest absolute Gasteiger partial charge is 0.346 e. The first-order valence-corrected chi connectivity index (χ1v) is 5.03. The summed E-state index contributed by atoms with van der Waals surface area (Å²) in [4.78, 5) is 10.7. The number of carboxylic acids is 1. The number of aromatic nitrogens is 1. The van der Waals surface area contributed by atoms with Crippen LogP contribution in [0.2, 0.25) is 0 Å². The molecule has 0 atom stereocenters. The third-order valence-corrected chi connectivity index (χ3v) is 2.58. The standard InChI is InChI=1S/C12H14N2O2/c1-4-14-8(2)5-10(9(14)3)6-11(7-13)12(15)16/h5-6H,4H2,1-3H3,(H,15,16). The molecule has 1 aromatic rings. The second kappa shape index (κ2) is 4.67. The first-order chi connectivity index (χ1) is 7.51. The Morgan fingerprint density at radius 3 is 2.62 bits per heavy atom. The molecule has 4 heteroatoms. The summed E-state index contributed by atoms with van der Waals surface area (Å²) in [6, 6.07) is 3.56. The van der Waals surface area contributed by atoms with Crippen molar-refractivity contribution in [3.8, 4) is 6.07 Å². The van der Waals surface area contributed by atoms with Gasteiger partial charge in [0.2, 0.25) is 0 Å². The summed E-state index contributed by atoms with van der Waals surface area (Å²) in [6.07, 6.45) is 1.41. The van der Waals surface area contributed by atoms with Crippen LogP contribution in [-0.4, -0.2) is 15.6 Å². The summed E-state index contributed by atoms with van der Waals surface area (Å²) in [7, 11) is 0. The molecule has 0 unspecified atom stereocenters. The highest BCUT2D eigenvalue weighted by atomic mass is 16.4. The van der Waals surface area contributed by atoms with Crippen molar-refractivity contribution >= 4 is 12.0 Å². The Hall–Kier alpha value is -2.02. The topological polar surface area (TPSA) is 66.0 Å². The molecule has 0 radical (unpaired) electrons. The maximum Gasteiger partial charge on any atom is 0.346 e. The number of rotatable bonds is 3. The Kier molecular flexibility index (Phi) is 3.51. The van der Waals surface area contributed by atoms with Crippen LogP contribution in [-0.2, 0) is 11.3 Å². The summed E-state index contributed by atoms with van der Waals surface area (Å²) < 4.78 is 2.07. The fourth-order valence-corrected chi connectivity index (χ4v) is 1.76. The predicted octanol–water partition coefficient (Wildman–Crippen LogP) is 2.12. The maximum absolute atomic E-state index is 10.7. The van der Waals surface area contributed by atoms with Gasteiger partial charge in [-0.25, -0.2) is 4.79 Å². The third kappa shape index (κ3) is 2.14. The van der Waals surface area contributed by atoms with Crippen molar-refractivity contribution < 1.29 is 9.90 Å². The monoisotopic (exact) mass is 218 g/mol. The van der Waals surface area contributed by atoms with Gasteiger partial charge in [0.15, 0.2) is 0 Å². The van der Waals surface area contributed by atoms with Gasteiger partial charge in [0.05, 0.1) is 0 Å². The van der Waals surface area contributed by atoms with E-state index in [-0.39, 0.29) is 5.57 Å². The number of hydrogen-bond donors (Lipinski definition) is 1. The highest BCUT2D eigenvalue weighted by Gasteiger charge is 2.10. The minimum Gasteiger partial charge on any atom is -0.477 e. The van der Waals surface area contributed by atoms with Gasteiger partial charge in [-0.3, -0.25) is 0 Å². The van der Waals surface area contributed by atoms with E-state index in [9.17, 15) is 4.79 Å². The van der Waals surface area contributed by atoms with Crippen molar-refractivity contribution in [2.24, 2.45) is 0 Å². The molecule has 1 rings (SSSR count). The van der Waals surface area contributed by atoms with E-state index in [0.717, 1.165) is 23.5 Å². The van der Waals surface area contributed by atoms with Crippen LogP contribution in [0.5, 0.6) is 0 Å². The molecular formula is C12H14N2O2. The van der Waals surface area contributed by atoms with E-state index in [2.05, 4.69) is 4.57 Å². The third-order valence-electron chi connectivity index (χ3n) is 2.58. The molecule has 0 fully saturated rings. The number of nitriles is 1. The lowest BCUT2D eigenvalue weighted by atomic mass is 10.1. The van der Waals surface area contributed by atoms with Crippen LogP contribution in [0.15, 0.2) is 11.6 Å². The SMILES string of the molecule is CCn1c(C)cc(C=C(C#N)C(=O)O)c1C. The zero-order chi connectivity index (χ0) is 12.3. The van der Waals surface area contributed by atoms with Crippen molar-refractivity contribution in [2.45, 2.75) is 27.3 Å². The molecule has 0 aliphatic rings. The van der Waals surface area contributed by atoms with E-state index in [4.69, 9.17) is 10.4 Å². The van der Waals surface area contributed by atoms with Crippen LogP contribution in [0.25, 0.3) is 6.08 Å². The molecule has 0 saturated carbocycles. The molecule has 0 aromatic carbocycles. The number of aliphatic carboxylic acids is 1. The fourth-order valence-electron chi connectivity index (χ4n) is 1.76. The predicted molar refractivity (Wildman–Crippen MR) is 60.8 cm³/mol. The molecule has 1 N–H and O–H groups in total. The van der Waals surface area contributed by atoms with Crippen molar-refractivity contribution in [1.29, 1.82) is 5.26 Å². The minimum atomic E-state index is -1.19. The second-order valence-corrected chi connectivity index (χ2v) is 3.55. The van der Waals surface area contributed by atoms with Gasteiger partial charge in [0.1, 0.15) is 11.6 Å². The molecule has 84 valence electrons. The number of hydrogen-bond acceptors (Lipinski definition) is 2. The van der Waals surface area contributed by atoms with E-state index >= 15 is 0 Å². The van der Waals surface area contributed by atoms with E-state index in [1.54, 1.807) is 6.07 Å². The number of carbonyl (C=O) groups is 1. The molecule has 0 aliphatic carbocycles. The Bertz CT molecular complexity index is 490. The Morgan fingerprint density at radius 1 is 1.62 bits per heavy atom. The largest absolute Gasteiger partial charge is 0.477 e. The Balaban J connectivity index is 3.26. The number of nitrogens with zero attached hydrogens (tertiary/aromatic N) is 2. The highest BCUT2D eigenvalue weighted by Crippen LogP contribution is 2.17. The van der Waals surface area contributed by atoms with E-state index in [1.165, 1.54) is 6.08 Å². The average molecular weight is 218 g/mol. The lowest BCUT2D eigenvalue weighted by molar-refractivity contribution is -0.132. The lowest BCUT2D eigenvalue weighted by Crippen LogP contribution is -2.00. The fraction of sp³-hybridized carbons (Fsp3) is 0.333. The minimum absolute atomic E-state index is 0.239. The quantitative estimate of drug-likeness (QED) is 0.624. The van der Waals surface area contributed by atoms with Gasteiger partial charge in [0, 0.05) is 17.9 Å². The lowest BCUT2D eigenvalue weighted by Gasteiger charge is -2.04. The zero-order valence-electron chi connectivity index (χ0n) is 9.61. The summed E-state index contributed by atoms with van der Waals surface area (Å²) in [5.74, 6) is -1.19. The van der Waals surface area contributed by atoms with Gasteiger partial charge in [-0.2, -0.15) is 5.26 Å². The van der Waals surface area contributed by atoms with Gasteiger partial charge in [-0.15, -0.1) is 0 Å². The molecular weight excluding hydrogens is 204 g/mol. The highest BCUT2D eigenvalue weighted by molar-refractivity contribution is 5.96. The van der Waals surface area contributed by atoms with Gasteiger partial charge in [0.25, 0.3) is 0 Å². The van der Waals surface area contributed by atoms with Crippen LogP contribution < -0.4 is 0 Å². The van der Waals surface area contributed by atoms with Crippen molar-refractivity contribution in [2.75, 3.05) is 0 Å². The molecule has 16 heavy (non-hydrogen) atoms. The van der Waals surface area contributed by atoms with E-state index in [1.807, 2.05) is 26.8 Å². The molecule has 0 aliphatic heterocycles. The summed E-state index contributed by atoms with van der Waals surface area (Å²) in [5, 5.41) is 17.4. The van der Waals surface area contributed by atoms with Crippen LogP contribution in [0.3, 0.4) is 0 Å². The molecule has 0 saturated heterocycles. The Labute approximate surface area is 94.4 Å². The van der Waals surface area contributed by atoms with Crippen molar-refractivity contribution in [3.63, 3.8) is 0 Å². The molecule has 0 amide bonds. The van der Waals surface area contributed by atoms with Gasteiger partial charge in [-0.1, -0.05) is 0 Å². The molecule has 0 bridgehead atoms. The normalized spacial score (nSPS) is 11.2. The van der Waals surface area contributed by atoms with Gasteiger partial charge >= 0.3 is 5.97 Å². The van der Waals surface area contributed by atoms with E-state index in [0.29, 0.717) is 0 Å². The Morgan fingerprint density at radius 2 is 2.25 bits per heavy atom. The molecule has 1 aromatic heterocycles. The first kappa shape index (κ1) is 12.1. The van der Waals surface area contributed by atoms with Crippen molar-refractivity contribution in [3.05, 3.63) is 28.6 Å². The maximum atomic E-state index is 10.7. The molecule has 1 heterocycles. The zero-order valence-corrected chi connectivity index (χ0v) is 9.61. The van der Waals surface area contributed by atoms with Gasteiger partial charge in [-0.05, 0) is 38.5 Å². The second-order valence-electron chi connectivity index (χ2n) is 3.55. The summed E-state index contributed by atoms with van der Waals surface area (Å²) in [5.41, 5.74) is 2.59. The van der Waals surface area contributed by atoms with Crippen molar-refractivity contribution in [1.82, 2.24) is 4.57 Å². The van der Waals surface area contributed by atoms with Crippen LogP contribution in [0, 0.1) is 25.2 Å². The molecule has 4 nitrogen and oxygen atoms in total. The van der Waals surface area contributed by atoms with Crippen LogP contribution in [0.4, 0.5) is 0 Å². The van der Waals surface area contributed by atoms with Gasteiger partial charge < -0.3 is 9.67 Å². The number of aryl methyl sites for hydroxylation is 1. The average Bonchev–Trinajstić information content (AvgIpc) is 2.49. The first-order valence-electron chi connectivity index (χ1n) is 5.03. The number of carboxylic acid groups (broad SMARTS) is 1. The summed E-state index contributed by atoms with van der Waals surface area (Å²) in [6.45, 7) is 6.73. The van der Waals surface area contributed by atoms with Crippen LogP contribution in [0.1, 0.15) is 23.9 Å². The summed E-state index contributed by atoms with van der Waals surface area (Å²) >= 11 is 0. The van der Waals surface area contributed by atoms with E-state index < -0.39 is 5.97 Å². The van der Waals surface area contributed by atoms with Crippen LogP contribution >= 0.6 is 0 Å².